The van der Waals surface area contributed by atoms with E-state index in [2.05, 4.69) is 36.4 Å². The van der Waals surface area contributed by atoms with E-state index in [4.69, 9.17) is 42.3 Å². The van der Waals surface area contributed by atoms with Gasteiger partial charge in [-0.3, -0.25) is 98.0 Å². The molecule has 0 unspecified atom stereocenters. The Morgan fingerprint density at radius 3 is 0.966 bits per heavy atom. The Morgan fingerprint density at radius 1 is 0.327 bits per heavy atom. The van der Waals surface area contributed by atoms with Crippen LogP contribution in [0.4, 0.5) is 0 Å². The van der Waals surface area contributed by atoms with Crippen molar-refractivity contribution in [3.63, 3.8) is 0 Å². The molecular formula is C108H105N15O24. The molecule has 0 saturated carbocycles. The number of aryl methyl sites for hydroxylation is 2. The van der Waals surface area contributed by atoms with E-state index in [1.54, 1.807) is 160 Å². The van der Waals surface area contributed by atoms with Crippen molar-refractivity contribution in [1.29, 1.82) is 0 Å². The van der Waals surface area contributed by atoms with Gasteiger partial charge in [-0.25, -0.2) is 0 Å². The molecule has 756 valence electrons. The third kappa shape index (κ3) is 18.0. The Morgan fingerprint density at radius 2 is 0.626 bits per heavy atom. The van der Waals surface area contributed by atoms with Crippen molar-refractivity contribution in [2.24, 2.45) is 5.73 Å². The molecule has 15 heterocycles. The van der Waals surface area contributed by atoms with Gasteiger partial charge in [-0.2, -0.15) is 0 Å². The number of nitrogens with zero attached hydrogens (tertiary/aromatic N) is 9. The molecule has 7 N–H and O–H groups in total. The van der Waals surface area contributed by atoms with Gasteiger partial charge in [-0.1, -0.05) is 30.3 Å². The van der Waals surface area contributed by atoms with Crippen molar-refractivity contribution < 1.29 is 113 Å². The van der Waals surface area contributed by atoms with Gasteiger partial charge in [0, 0.05) is 197 Å². The molecule has 23 rings (SSSR count). The van der Waals surface area contributed by atoms with Gasteiger partial charge in [0.1, 0.15) is 90.0 Å². The van der Waals surface area contributed by atoms with Crippen LogP contribution in [0.15, 0.2) is 175 Å². The summed E-state index contributed by atoms with van der Waals surface area (Å²) >= 11 is 0. The number of ether oxygens (including phenoxy) is 4. The van der Waals surface area contributed by atoms with Crippen molar-refractivity contribution >= 4 is 138 Å². The zero-order valence-electron chi connectivity index (χ0n) is 81.9. The number of amides is 16. The lowest BCUT2D eigenvalue weighted by molar-refractivity contribution is -0.128. The number of methoxy groups -OCH3 is 4. The number of nitrogens with one attached hydrogen (secondary N) is 5. The first-order valence-corrected chi connectivity index (χ1v) is 48.2. The molecule has 39 nitrogen and oxygen atoms in total. The van der Waals surface area contributed by atoms with Crippen LogP contribution in [0.25, 0.3) is 43.9 Å². The van der Waals surface area contributed by atoms with Gasteiger partial charge in [-0.05, 0) is 189 Å². The molecule has 11 aliphatic rings. The van der Waals surface area contributed by atoms with Crippen LogP contribution < -0.4 is 51.3 Å². The quantitative estimate of drug-likeness (QED) is 0.0416. The van der Waals surface area contributed by atoms with Crippen molar-refractivity contribution in [2.75, 3.05) is 147 Å². The molecule has 12 aromatic rings. The Labute approximate surface area is 840 Å². The molecule has 0 bridgehead atoms. The van der Waals surface area contributed by atoms with E-state index in [1.165, 1.54) is 33.3 Å². The van der Waals surface area contributed by atoms with Gasteiger partial charge in [0.25, 0.3) is 41.4 Å². The molecule has 8 aromatic carbocycles. The predicted octanol–water partition coefficient (Wildman–Crippen LogP) is 7.06. The van der Waals surface area contributed by atoms with Crippen molar-refractivity contribution in [1.82, 2.24) is 70.7 Å². The van der Waals surface area contributed by atoms with Gasteiger partial charge in [0.2, 0.25) is 53.2 Å². The molecule has 39 heteroatoms. The lowest BCUT2D eigenvalue weighted by Gasteiger charge is -2.32. The standard InChI is InChI=1S/C29H30N4O6.C28H28N4O6.C27H26N4O6.C24H21N3O6/c1-17-10-23-19(11-21(17)26(35)32-8-6-31(2)7-9-32)12-24(39-23)29(14-25(34)30-28(29)37)16-33-15-18-4-5-20(38-3)13-22(18)27(33)36;1-30-7-9-31(10-8-30)25(34)17-4-6-22-19(11-17)12-23(38-22)28(14-24(33)29-27(28)36)16-32-15-18-3-5-20(37-2)13-21(18)26(32)35;1-36-19-5-4-18-14-31(25(34)20(18)12-19)15-27(13-23(32)29-26(27)35)22-11-16-2-3-17(10-21(16)37-22)24(33)30-8-6-28-7-9-30;1-12-5-18-14(6-16(12)21(25)29)7-19(33-18)24(9-20(28)26-23(24)31)11-27-10-13-3-4-15(32-2)8-17(13)22(27)30/h4-5,10-13H,6-9,14-16H2,1-3H3,(H,30,34,37);3-6,11-13H,7-10,14-16H2,1-2H3,(H,29,33,36);2-5,10-12,28H,6-9,13-15H2,1H3,(H,29,32,35);3-8H,9-11H2,1-2H3,(H2,25,29)(H,26,28,31)/t29-;28-;27-;24-/m1111/s1. The predicted molar refractivity (Wildman–Crippen MR) is 527 cm³/mol. The minimum atomic E-state index is -1.39. The number of furan rings is 4. The number of imide groups is 4. The average Bonchev–Trinajstić information content (AvgIpc) is 1.60. The van der Waals surface area contributed by atoms with Gasteiger partial charge in [0.05, 0.1) is 54.1 Å². The second-order valence-corrected chi connectivity index (χ2v) is 39.2. The van der Waals surface area contributed by atoms with Crippen molar-refractivity contribution in [3.05, 3.63) is 259 Å². The number of benzene rings is 8. The summed E-state index contributed by atoms with van der Waals surface area (Å²) in [7, 11) is 10.2. The van der Waals surface area contributed by atoms with Crippen molar-refractivity contribution in [3.8, 4) is 23.0 Å². The van der Waals surface area contributed by atoms with Crippen LogP contribution in [0.1, 0.15) is 165 Å². The minimum Gasteiger partial charge on any atom is -0.497 e. The van der Waals surface area contributed by atoms with E-state index >= 15 is 0 Å². The lowest BCUT2D eigenvalue weighted by Crippen LogP contribution is -2.47. The molecule has 4 aromatic heterocycles. The van der Waals surface area contributed by atoms with Crippen LogP contribution in [0, 0.1) is 13.8 Å². The zero-order valence-corrected chi connectivity index (χ0v) is 81.9. The Bertz CT molecular complexity index is 7620. The molecule has 7 fully saturated rings. The number of hydrogen-bond acceptors (Lipinski definition) is 27. The monoisotopic (exact) mass is 2000 g/mol. The van der Waals surface area contributed by atoms with E-state index < -0.39 is 74.8 Å². The number of hydrogen-bond donors (Lipinski definition) is 6. The highest BCUT2D eigenvalue weighted by Crippen LogP contribution is 2.47. The molecule has 0 radical (unpaired) electrons. The first-order chi connectivity index (χ1) is 70.5. The molecule has 16 amide bonds. The second-order valence-electron chi connectivity index (χ2n) is 39.2. The van der Waals surface area contributed by atoms with Gasteiger partial charge in [-0.15, -0.1) is 0 Å². The number of piperazine rings is 3. The average molecular weight is 2000 g/mol. The van der Waals surface area contributed by atoms with Crippen LogP contribution in [0.5, 0.6) is 23.0 Å². The Balaban J connectivity index is 0.000000119. The fourth-order valence-corrected chi connectivity index (χ4v) is 21.5. The number of nitrogens with two attached hydrogens (primary N) is 1. The summed E-state index contributed by atoms with van der Waals surface area (Å²) in [5.41, 5.74) is 10.6. The van der Waals surface area contributed by atoms with Crippen LogP contribution >= 0.6 is 0 Å². The summed E-state index contributed by atoms with van der Waals surface area (Å²) in [6.07, 6.45) is -0.568. The fourth-order valence-electron chi connectivity index (χ4n) is 21.5. The van der Waals surface area contributed by atoms with E-state index in [0.717, 1.165) is 67.1 Å². The highest BCUT2D eigenvalue weighted by Gasteiger charge is 2.58. The highest BCUT2D eigenvalue weighted by molar-refractivity contribution is 6.15. The first-order valence-electron chi connectivity index (χ1n) is 48.2. The highest BCUT2D eigenvalue weighted by atomic mass is 16.5. The zero-order chi connectivity index (χ0) is 103. The summed E-state index contributed by atoms with van der Waals surface area (Å²) in [6.45, 7) is 13.4. The van der Waals surface area contributed by atoms with E-state index in [1.807, 2.05) is 55.1 Å². The topological polar surface area (TPSA) is 478 Å². The molecule has 147 heavy (non-hydrogen) atoms. The largest absolute Gasteiger partial charge is 0.497 e. The second kappa shape index (κ2) is 38.5. The van der Waals surface area contributed by atoms with E-state index in [9.17, 15) is 76.7 Å². The van der Waals surface area contributed by atoms with Gasteiger partial charge < -0.3 is 91.8 Å². The van der Waals surface area contributed by atoms with E-state index in [0.29, 0.717) is 200 Å². The maximum absolute atomic E-state index is 13.3. The molecule has 4 atom stereocenters. The Hall–Kier alpha value is -16.7. The molecule has 11 aliphatic heterocycles. The van der Waals surface area contributed by atoms with Crippen molar-refractivity contribution in [2.45, 2.75) is 87.4 Å². The van der Waals surface area contributed by atoms with Crippen LogP contribution in [0.3, 0.4) is 0 Å². The number of likely N-dealkylation sites (N-methyl/N-ethyl adjacent to an activating group) is 2. The maximum Gasteiger partial charge on any atom is 0.254 e. The van der Waals surface area contributed by atoms with Crippen LogP contribution in [-0.4, -0.2) is 286 Å². The molecule has 0 spiro atoms. The SMILES string of the molecule is COc1ccc2c(c1)C(=O)N(C[C@@]1(c3cc4cc(C(=O)N5CCN(C)CC5)c(C)cc4o3)CC(=O)NC1=O)C2.COc1ccc2c(c1)C(=O)N(C[C@@]1(c3cc4cc(C(=O)N5CCN(C)CC5)ccc4o3)CC(=O)NC1=O)C2.COc1ccc2c(c1)C(=O)N(C[C@@]1(c3cc4cc(C(N)=O)c(C)cc4o3)CC(=O)NC1=O)C2.COc1ccc2c(c1)C(=O)N(C[C@@]1(c3cc4ccc(C(=O)N5CCNCC5)cc4o3)CC(=O)NC1=O)C2. The third-order valence-corrected chi connectivity index (χ3v) is 29.9. The third-order valence-electron chi connectivity index (χ3n) is 29.9. The number of fused-ring (bicyclic) bond motifs is 8. The summed E-state index contributed by atoms with van der Waals surface area (Å²) in [5, 5.41) is 15.4. The summed E-state index contributed by atoms with van der Waals surface area (Å²) < 4.78 is 45.5. The van der Waals surface area contributed by atoms with Gasteiger partial charge >= 0.3 is 0 Å². The Kier molecular flexibility index (Phi) is 25.6. The summed E-state index contributed by atoms with van der Waals surface area (Å²) in [4.78, 5) is 223. The lowest BCUT2D eigenvalue weighted by atomic mass is 9.82. The number of carbonyl (C=O) groups excluding carboxylic acids is 16. The van der Waals surface area contributed by atoms with Crippen LogP contribution in [0.2, 0.25) is 0 Å². The molecule has 7 saturated heterocycles. The number of rotatable bonds is 20. The summed E-state index contributed by atoms with van der Waals surface area (Å²) in [5.74, 6) is -2.05. The van der Waals surface area contributed by atoms with Crippen LogP contribution in [-0.2, 0) is 86.2 Å². The number of carbonyl (C=O) groups is 16. The smallest absolute Gasteiger partial charge is 0.254 e. The maximum atomic E-state index is 13.3. The summed E-state index contributed by atoms with van der Waals surface area (Å²) in [6, 6.07) is 45.2. The first kappa shape index (κ1) is 97.7. The van der Waals surface area contributed by atoms with E-state index in [-0.39, 0.29) is 99.0 Å². The minimum absolute atomic E-state index is 0.0205. The van der Waals surface area contributed by atoms with Gasteiger partial charge in [0.15, 0.2) is 0 Å². The molecule has 0 aliphatic carbocycles. The normalized spacial score (nSPS) is 21.2. The molecular weight excluding hydrogens is 1890 g/mol. The fraction of sp³-hybridized carbons (Fsp3) is 0.333. The number of primary amides is 1.